The number of carbonyl (C=O) groups is 1. The van der Waals surface area contributed by atoms with Gasteiger partial charge in [0, 0.05) is 50.9 Å². The number of likely N-dealkylation sites (tertiary alicyclic amines) is 1. The van der Waals surface area contributed by atoms with Crippen LogP contribution in [0.2, 0.25) is 0 Å². The summed E-state index contributed by atoms with van der Waals surface area (Å²) in [6.07, 6.45) is 10.0. The first kappa shape index (κ1) is 29.6. The van der Waals surface area contributed by atoms with Crippen LogP contribution in [0.25, 0.3) is 0 Å². The molecule has 0 saturated carbocycles. The largest absolute Gasteiger partial charge is 0.475 e. The first-order valence-corrected chi connectivity index (χ1v) is 15.4. The van der Waals surface area contributed by atoms with Crippen molar-refractivity contribution in [3.8, 4) is 18.0 Å². The highest BCUT2D eigenvalue weighted by Crippen LogP contribution is 2.39. The van der Waals surface area contributed by atoms with Crippen LogP contribution in [-0.4, -0.2) is 108 Å². The van der Waals surface area contributed by atoms with Gasteiger partial charge in [-0.2, -0.15) is 10.5 Å². The van der Waals surface area contributed by atoms with Gasteiger partial charge in [0.25, 0.3) is 5.91 Å². The lowest BCUT2D eigenvalue weighted by molar-refractivity contribution is -0.131. The van der Waals surface area contributed by atoms with Gasteiger partial charge in [0.15, 0.2) is 5.83 Å². The molecule has 2 atom stereocenters. The summed E-state index contributed by atoms with van der Waals surface area (Å²) in [4.78, 5) is 32.6. The highest BCUT2D eigenvalue weighted by Gasteiger charge is 2.37. The molecule has 0 N–H and O–H groups in total. The Labute approximate surface area is 257 Å². The highest BCUT2D eigenvalue weighted by molar-refractivity contribution is 5.96. The topological polar surface area (TPSA) is 115 Å². The number of aromatic nitrogens is 1. The van der Waals surface area contributed by atoms with Gasteiger partial charge in [0.05, 0.1) is 36.5 Å². The maximum atomic E-state index is 13.9. The van der Waals surface area contributed by atoms with E-state index in [1.54, 1.807) is 0 Å². The number of amides is 1. The van der Waals surface area contributed by atoms with Crippen molar-refractivity contribution < 1.29 is 13.9 Å². The van der Waals surface area contributed by atoms with Crippen LogP contribution >= 0.6 is 0 Å². The summed E-state index contributed by atoms with van der Waals surface area (Å²) in [5.74, 6) is 0.546. The number of amidine groups is 1. The van der Waals surface area contributed by atoms with Crippen molar-refractivity contribution in [3.63, 3.8) is 0 Å². The molecule has 230 valence electrons. The Kier molecular flexibility index (Phi) is 8.53. The second-order valence-electron chi connectivity index (χ2n) is 11.9. The fourth-order valence-corrected chi connectivity index (χ4v) is 6.99. The fraction of sp³-hybridized carbons (Fsp3) is 0.531. The molecule has 0 bridgehead atoms. The number of nitrogens with zero attached hydrogens (tertiary/aromatic N) is 9. The van der Waals surface area contributed by atoms with Crippen molar-refractivity contribution in [2.45, 2.75) is 50.7 Å². The van der Waals surface area contributed by atoms with Gasteiger partial charge in [-0.05, 0) is 51.4 Å². The van der Waals surface area contributed by atoms with Gasteiger partial charge in [-0.1, -0.05) is 12.7 Å². The second-order valence-corrected chi connectivity index (χ2v) is 11.9. The smallest absolute Gasteiger partial charge is 0.282 e. The van der Waals surface area contributed by atoms with Crippen LogP contribution in [0.3, 0.4) is 0 Å². The molecular formula is C32H38FN9O2. The van der Waals surface area contributed by atoms with E-state index in [-0.39, 0.29) is 25.6 Å². The standard InChI is InChI=1S/C32H38FN9O2/c1-22(33)32(43)41-17-16-40(19-23(41)9-11-34)30-25-10-15-39(29-8-3-7-28-36-12-5-14-42(28)29)20-27(25)37-31(26(30)18-35)44-21-24-6-4-13-38(24)2/h3,7-8,23-24H,1,4-6,9-10,12-17,19-21H2,2H3/t23-,24-/m0/s1. The summed E-state index contributed by atoms with van der Waals surface area (Å²) in [5, 5.41) is 20.1. The number of hydrogen-bond acceptors (Lipinski definition) is 10. The Bertz CT molecular complexity index is 1510. The van der Waals surface area contributed by atoms with Gasteiger partial charge in [-0.3, -0.25) is 9.79 Å². The number of rotatable bonds is 7. The van der Waals surface area contributed by atoms with Crippen molar-refractivity contribution in [2.75, 3.05) is 64.4 Å². The van der Waals surface area contributed by atoms with Crippen LogP contribution in [0.1, 0.15) is 42.5 Å². The quantitative estimate of drug-likeness (QED) is 0.437. The van der Waals surface area contributed by atoms with E-state index < -0.39 is 17.8 Å². The van der Waals surface area contributed by atoms with Crippen LogP contribution in [0.4, 0.5) is 10.1 Å². The van der Waals surface area contributed by atoms with Crippen LogP contribution in [-0.2, 0) is 17.8 Å². The molecule has 11 nitrogen and oxygen atoms in total. The van der Waals surface area contributed by atoms with E-state index in [1.165, 1.54) is 4.90 Å². The van der Waals surface area contributed by atoms with Crippen LogP contribution in [0, 0.1) is 22.7 Å². The van der Waals surface area contributed by atoms with Gasteiger partial charge in [0.1, 0.15) is 29.9 Å². The lowest BCUT2D eigenvalue weighted by Gasteiger charge is -2.44. The number of nitriles is 2. The van der Waals surface area contributed by atoms with E-state index in [9.17, 15) is 19.7 Å². The van der Waals surface area contributed by atoms with Crippen molar-refractivity contribution >= 4 is 17.4 Å². The molecule has 6 heterocycles. The summed E-state index contributed by atoms with van der Waals surface area (Å²) < 4.78 is 20.2. The predicted molar refractivity (Wildman–Crippen MR) is 163 cm³/mol. The number of ether oxygens (including phenoxy) is 1. The molecule has 1 amide bonds. The molecule has 5 aliphatic rings. The summed E-state index contributed by atoms with van der Waals surface area (Å²) in [7, 11) is 2.09. The van der Waals surface area contributed by atoms with Crippen molar-refractivity contribution in [1.29, 1.82) is 10.5 Å². The summed E-state index contributed by atoms with van der Waals surface area (Å²) >= 11 is 0. The first-order valence-electron chi connectivity index (χ1n) is 15.4. The lowest BCUT2D eigenvalue weighted by Crippen LogP contribution is -2.55. The molecule has 5 aliphatic heterocycles. The minimum absolute atomic E-state index is 0.0389. The molecule has 44 heavy (non-hydrogen) atoms. The predicted octanol–water partition coefficient (Wildman–Crippen LogP) is 2.71. The normalized spacial score (nSPS) is 23.3. The Morgan fingerprint density at radius 2 is 2.02 bits per heavy atom. The van der Waals surface area contributed by atoms with E-state index in [1.807, 2.05) is 12.2 Å². The van der Waals surface area contributed by atoms with Crippen molar-refractivity contribution in [2.24, 2.45) is 4.99 Å². The number of likely N-dealkylation sites (N-methyl/N-ethyl adjacent to an activating group) is 1. The second kappa shape index (κ2) is 12.7. The fourth-order valence-electron chi connectivity index (χ4n) is 6.99. The number of pyridine rings is 1. The Morgan fingerprint density at radius 3 is 2.77 bits per heavy atom. The van der Waals surface area contributed by atoms with Crippen LogP contribution in [0.15, 0.2) is 41.4 Å². The van der Waals surface area contributed by atoms with E-state index in [4.69, 9.17) is 14.7 Å². The monoisotopic (exact) mass is 599 g/mol. The van der Waals surface area contributed by atoms with Gasteiger partial charge in [-0.25, -0.2) is 9.37 Å². The minimum atomic E-state index is -1.04. The zero-order chi connectivity index (χ0) is 30.8. The minimum Gasteiger partial charge on any atom is -0.475 e. The van der Waals surface area contributed by atoms with E-state index in [0.29, 0.717) is 37.6 Å². The summed E-state index contributed by atoms with van der Waals surface area (Å²) in [5.41, 5.74) is 2.94. The molecule has 1 aromatic rings. The third kappa shape index (κ3) is 5.62. The molecule has 12 heteroatoms. The Morgan fingerprint density at radius 1 is 1.16 bits per heavy atom. The maximum absolute atomic E-state index is 13.9. The molecule has 0 aromatic carbocycles. The Balaban J connectivity index is 1.36. The molecule has 0 aliphatic carbocycles. The molecule has 0 unspecified atom stereocenters. The first-order chi connectivity index (χ1) is 21.4. The number of carbonyl (C=O) groups excluding carboxylic acids is 1. The molecule has 0 radical (unpaired) electrons. The molecule has 6 rings (SSSR count). The van der Waals surface area contributed by atoms with Crippen LogP contribution in [0.5, 0.6) is 5.88 Å². The molecule has 2 saturated heterocycles. The van der Waals surface area contributed by atoms with Gasteiger partial charge in [-0.15, -0.1) is 0 Å². The number of halogens is 1. The average molecular weight is 600 g/mol. The average Bonchev–Trinajstić information content (AvgIpc) is 3.46. The molecule has 1 aromatic heterocycles. The van der Waals surface area contributed by atoms with Gasteiger partial charge in [0.2, 0.25) is 5.88 Å². The van der Waals surface area contributed by atoms with E-state index >= 15 is 0 Å². The number of anilines is 1. The summed E-state index contributed by atoms with van der Waals surface area (Å²) in [6.45, 7) is 8.50. The van der Waals surface area contributed by atoms with E-state index in [2.05, 4.69) is 51.4 Å². The molecule has 2 fully saturated rings. The van der Waals surface area contributed by atoms with Gasteiger partial charge >= 0.3 is 0 Å². The number of fused-ring (bicyclic) bond motifs is 2. The van der Waals surface area contributed by atoms with Gasteiger partial charge < -0.3 is 29.2 Å². The van der Waals surface area contributed by atoms with E-state index in [0.717, 1.165) is 74.0 Å². The number of piperazine rings is 1. The number of hydrogen-bond donors (Lipinski definition) is 0. The zero-order valence-electron chi connectivity index (χ0n) is 25.2. The Hall–Kier alpha value is -4.42. The molecular weight excluding hydrogens is 561 g/mol. The SMILES string of the molecule is C=C(F)C(=O)N1CCN(c2c(C#N)c(OC[C@@H]3CCCN3C)nc3c2CCN(C2=CC=CC4=NCCCN24)C3)C[C@@H]1CC#N. The van der Waals surface area contributed by atoms with Crippen molar-refractivity contribution in [1.82, 2.24) is 24.6 Å². The maximum Gasteiger partial charge on any atom is 0.282 e. The highest BCUT2D eigenvalue weighted by atomic mass is 19.1. The van der Waals surface area contributed by atoms with Crippen molar-refractivity contribution in [3.05, 3.63) is 53.3 Å². The zero-order valence-corrected chi connectivity index (χ0v) is 25.2. The third-order valence-electron chi connectivity index (χ3n) is 9.29. The summed E-state index contributed by atoms with van der Waals surface area (Å²) in [6, 6.07) is 4.24. The number of allylic oxidation sites excluding steroid dienone is 2. The number of aliphatic imine (C=N–C) groups is 1. The molecule has 0 spiro atoms. The van der Waals surface area contributed by atoms with Crippen LogP contribution < -0.4 is 9.64 Å². The third-order valence-corrected chi connectivity index (χ3v) is 9.29. The lowest BCUT2D eigenvalue weighted by atomic mass is 9.97.